The van der Waals surface area contributed by atoms with E-state index in [-0.39, 0.29) is 16.9 Å². The highest BCUT2D eigenvalue weighted by Crippen LogP contribution is 2.47. The maximum atomic E-state index is 12.4. The normalized spacial score (nSPS) is 15.6. The lowest BCUT2D eigenvalue weighted by Crippen LogP contribution is -2.40. The van der Waals surface area contributed by atoms with Gasteiger partial charge in [-0.15, -0.1) is 0 Å². The van der Waals surface area contributed by atoms with Crippen LogP contribution in [0.25, 0.3) is 0 Å². The summed E-state index contributed by atoms with van der Waals surface area (Å²) in [4.78, 5) is 4.54. The lowest BCUT2D eigenvalue weighted by molar-refractivity contribution is 0.204. The number of ether oxygens (including phenoxy) is 1. The van der Waals surface area contributed by atoms with Crippen LogP contribution < -0.4 is 15.4 Å². The van der Waals surface area contributed by atoms with E-state index < -0.39 is 10.0 Å². The Balaban J connectivity index is 1.55. The van der Waals surface area contributed by atoms with Crippen molar-refractivity contribution in [3.8, 4) is 0 Å². The molecule has 3 rings (SSSR count). The average molecular weight is 431 g/mol. The molecule has 0 spiro atoms. The van der Waals surface area contributed by atoms with Crippen LogP contribution in [0.1, 0.15) is 24.0 Å². The number of hydrogen-bond donors (Lipinski definition) is 3. The van der Waals surface area contributed by atoms with Gasteiger partial charge < -0.3 is 15.4 Å². The molecule has 3 N–H and O–H groups in total. The molecular weight excluding hydrogens is 400 g/mol. The summed E-state index contributed by atoms with van der Waals surface area (Å²) in [5.41, 5.74) is 2.39. The van der Waals surface area contributed by atoms with Crippen LogP contribution in [-0.2, 0) is 26.7 Å². The van der Waals surface area contributed by atoms with Gasteiger partial charge in [0.1, 0.15) is 0 Å². The quantitative estimate of drug-likeness (QED) is 0.305. The second kappa shape index (κ2) is 10.1. The van der Waals surface area contributed by atoms with Crippen LogP contribution in [0.15, 0.2) is 64.5 Å². The van der Waals surface area contributed by atoms with E-state index in [0.717, 1.165) is 24.9 Å². The number of nitrogens with zero attached hydrogens (tertiary/aromatic N) is 1. The van der Waals surface area contributed by atoms with Crippen molar-refractivity contribution in [1.82, 2.24) is 15.4 Å². The van der Waals surface area contributed by atoms with Crippen molar-refractivity contribution >= 4 is 16.0 Å². The van der Waals surface area contributed by atoms with Gasteiger partial charge in [-0.1, -0.05) is 42.5 Å². The molecule has 0 radical (unpaired) electrons. The predicted molar refractivity (Wildman–Crippen MR) is 119 cm³/mol. The van der Waals surface area contributed by atoms with Crippen LogP contribution in [0, 0.1) is 0 Å². The Morgan fingerprint density at radius 2 is 1.87 bits per heavy atom. The standard InChI is InChI=1S/C22H30N4O3S/c1-23-21(25-17-22(11-12-22)19-8-4-3-5-9-19)24-16-18-7-6-10-20(15-18)30(27,28)26-13-14-29-2/h3-10,15,26H,11-14,16-17H2,1-2H3,(H2,23,24,25). The van der Waals surface area contributed by atoms with Crippen LogP contribution in [0.5, 0.6) is 0 Å². The van der Waals surface area contributed by atoms with Gasteiger partial charge in [-0.2, -0.15) is 0 Å². The zero-order valence-corrected chi connectivity index (χ0v) is 18.3. The Kier molecular flexibility index (Phi) is 7.47. The Morgan fingerprint density at radius 3 is 2.53 bits per heavy atom. The summed E-state index contributed by atoms with van der Waals surface area (Å²) in [5.74, 6) is 0.698. The predicted octanol–water partition coefficient (Wildman–Crippen LogP) is 2.01. The average Bonchev–Trinajstić information content (AvgIpc) is 3.56. The fourth-order valence-corrected chi connectivity index (χ4v) is 4.44. The molecule has 162 valence electrons. The summed E-state index contributed by atoms with van der Waals surface area (Å²) < 4.78 is 32.2. The molecule has 1 fully saturated rings. The third-order valence-electron chi connectivity index (χ3n) is 5.32. The number of aliphatic imine (C=N–C) groups is 1. The van der Waals surface area contributed by atoms with E-state index >= 15 is 0 Å². The van der Waals surface area contributed by atoms with Crippen LogP contribution in [0.3, 0.4) is 0 Å². The molecule has 0 atom stereocenters. The molecule has 0 bridgehead atoms. The number of guanidine groups is 1. The number of hydrogen-bond acceptors (Lipinski definition) is 4. The van der Waals surface area contributed by atoms with Crippen LogP contribution in [0.4, 0.5) is 0 Å². The molecule has 1 aliphatic rings. The fourth-order valence-electron chi connectivity index (χ4n) is 3.35. The van der Waals surface area contributed by atoms with Crippen molar-refractivity contribution in [2.24, 2.45) is 4.99 Å². The van der Waals surface area contributed by atoms with Crippen molar-refractivity contribution in [3.63, 3.8) is 0 Å². The first-order valence-electron chi connectivity index (χ1n) is 10.1. The highest BCUT2D eigenvalue weighted by atomic mass is 32.2. The van der Waals surface area contributed by atoms with Gasteiger partial charge in [0.15, 0.2) is 5.96 Å². The van der Waals surface area contributed by atoms with Crippen molar-refractivity contribution in [1.29, 1.82) is 0 Å². The number of methoxy groups -OCH3 is 1. The lowest BCUT2D eigenvalue weighted by atomic mass is 9.96. The minimum Gasteiger partial charge on any atom is -0.383 e. The fraction of sp³-hybridized carbons (Fsp3) is 0.409. The smallest absolute Gasteiger partial charge is 0.240 e. The van der Waals surface area contributed by atoms with E-state index in [4.69, 9.17) is 4.74 Å². The highest BCUT2D eigenvalue weighted by Gasteiger charge is 2.43. The van der Waals surface area contributed by atoms with E-state index in [1.165, 1.54) is 12.7 Å². The van der Waals surface area contributed by atoms with Crippen molar-refractivity contribution < 1.29 is 13.2 Å². The Hall–Kier alpha value is -2.42. The maximum absolute atomic E-state index is 12.4. The zero-order chi connectivity index (χ0) is 21.5. The second-order valence-electron chi connectivity index (χ2n) is 7.46. The summed E-state index contributed by atoms with van der Waals surface area (Å²) in [5, 5.41) is 6.69. The van der Waals surface area contributed by atoms with Gasteiger partial charge in [0.25, 0.3) is 0 Å². The zero-order valence-electron chi connectivity index (χ0n) is 17.5. The van der Waals surface area contributed by atoms with Gasteiger partial charge in [0.05, 0.1) is 11.5 Å². The van der Waals surface area contributed by atoms with Gasteiger partial charge in [0, 0.05) is 39.2 Å². The summed E-state index contributed by atoms with van der Waals surface area (Å²) in [6.07, 6.45) is 2.33. The summed E-state index contributed by atoms with van der Waals surface area (Å²) in [6, 6.07) is 17.4. The molecule has 7 nitrogen and oxygen atoms in total. The first kappa shape index (κ1) is 22.3. The third kappa shape index (κ3) is 5.81. The number of sulfonamides is 1. The van der Waals surface area contributed by atoms with Crippen molar-refractivity contribution in [2.45, 2.75) is 29.7 Å². The van der Waals surface area contributed by atoms with E-state index in [2.05, 4.69) is 44.6 Å². The van der Waals surface area contributed by atoms with Gasteiger partial charge in [-0.05, 0) is 36.1 Å². The Bertz CT molecular complexity index is 957. The number of rotatable bonds is 10. The molecule has 0 aromatic heterocycles. The molecule has 30 heavy (non-hydrogen) atoms. The van der Waals surface area contributed by atoms with Gasteiger partial charge in [-0.25, -0.2) is 13.1 Å². The first-order valence-corrected chi connectivity index (χ1v) is 11.5. The molecule has 2 aromatic carbocycles. The molecule has 0 amide bonds. The SMILES string of the molecule is CN=C(NCc1cccc(S(=O)(=O)NCCOC)c1)NCC1(c2ccccc2)CC1. The molecular formula is C22H30N4O3S. The monoisotopic (exact) mass is 430 g/mol. The highest BCUT2D eigenvalue weighted by molar-refractivity contribution is 7.89. The van der Waals surface area contributed by atoms with Crippen molar-refractivity contribution in [2.75, 3.05) is 33.9 Å². The molecule has 0 aliphatic heterocycles. The lowest BCUT2D eigenvalue weighted by Gasteiger charge is -2.19. The summed E-state index contributed by atoms with van der Waals surface area (Å²) in [6.45, 7) is 1.85. The minimum atomic E-state index is -3.55. The number of nitrogens with one attached hydrogen (secondary N) is 3. The van der Waals surface area contributed by atoms with Gasteiger partial charge in [0.2, 0.25) is 10.0 Å². The van der Waals surface area contributed by atoms with Gasteiger partial charge >= 0.3 is 0 Å². The van der Waals surface area contributed by atoms with Crippen LogP contribution in [-0.4, -0.2) is 48.2 Å². The molecule has 0 saturated heterocycles. The molecule has 1 aliphatic carbocycles. The molecule has 8 heteroatoms. The Morgan fingerprint density at radius 1 is 1.10 bits per heavy atom. The van der Waals surface area contributed by atoms with E-state index in [0.29, 0.717) is 19.1 Å². The van der Waals surface area contributed by atoms with Gasteiger partial charge in [-0.3, -0.25) is 4.99 Å². The number of benzene rings is 2. The first-order chi connectivity index (χ1) is 14.5. The molecule has 2 aromatic rings. The van der Waals surface area contributed by atoms with Crippen LogP contribution in [0.2, 0.25) is 0 Å². The molecule has 1 saturated carbocycles. The minimum absolute atomic E-state index is 0.181. The van der Waals surface area contributed by atoms with Crippen molar-refractivity contribution in [3.05, 3.63) is 65.7 Å². The Labute approximate surface area is 179 Å². The van der Waals surface area contributed by atoms with E-state index in [1.54, 1.807) is 25.2 Å². The summed E-state index contributed by atoms with van der Waals surface area (Å²) in [7, 11) is -0.286. The van der Waals surface area contributed by atoms with E-state index in [9.17, 15) is 8.42 Å². The molecule has 0 heterocycles. The molecule has 0 unspecified atom stereocenters. The van der Waals surface area contributed by atoms with Crippen LogP contribution >= 0.6 is 0 Å². The second-order valence-corrected chi connectivity index (χ2v) is 9.23. The summed E-state index contributed by atoms with van der Waals surface area (Å²) >= 11 is 0. The largest absolute Gasteiger partial charge is 0.383 e. The van der Waals surface area contributed by atoms with E-state index in [1.807, 2.05) is 12.1 Å². The third-order valence-corrected chi connectivity index (χ3v) is 6.78. The topological polar surface area (TPSA) is 91.8 Å². The maximum Gasteiger partial charge on any atom is 0.240 e.